The van der Waals surface area contributed by atoms with Crippen LogP contribution >= 0.6 is 11.6 Å². The lowest BCUT2D eigenvalue weighted by molar-refractivity contribution is -0.122. The minimum Gasteiger partial charge on any atom is -0.506 e. The Morgan fingerprint density at radius 1 is 1.47 bits per heavy atom. The molecule has 0 saturated heterocycles. The summed E-state index contributed by atoms with van der Waals surface area (Å²) in [4.78, 5) is 11.6. The molecule has 1 amide bonds. The van der Waals surface area contributed by atoms with E-state index >= 15 is 0 Å². The van der Waals surface area contributed by atoms with Crippen molar-refractivity contribution in [2.75, 3.05) is 5.32 Å². The van der Waals surface area contributed by atoms with Crippen LogP contribution in [0.3, 0.4) is 0 Å². The standard InChI is InChI=1S/C11H12ClNO2/c12-9-5-4-8(6-10(9)14)13-11(15)7-2-1-3-7/h4-7,14H,1-3H2,(H,13,15). The van der Waals surface area contributed by atoms with Crippen molar-refractivity contribution in [2.45, 2.75) is 19.3 Å². The molecule has 0 unspecified atom stereocenters. The molecule has 1 fully saturated rings. The summed E-state index contributed by atoms with van der Waals surface area (Å²) in [5, 5.41) is 12.4. The number of carbonyl (C=O) groups is 1. The van der Waals surface area contributed by atoms with Gasteiger partial charge in [0.15, 0.2) is 0 Å². The van der Waals surface area contributed by atoms with E-state index in [0.717, 1.165) is 19.3 Å². The topological polar surface area (TPSA) is 49.3 Å². The second kappa shape index (κ2) is 4.11. The van der Waals surface area contributed by atoms with Gasteiger partial charge in [-0.05, 0) is 25.0 Å². The van der Waals surface area contributed by atoms with Crippen molar-refractivity contribution in [3.05, 3.63) is 23.2 Å². The number of hydrogen-bond acceptors (Lipinski definition) is 2. The number of hydrogen-bond donors (Lipinski definition) is 2. The fraction of sp³-hybridized carbons (Fsp3) is 0.364. The lowest BCUT2D eigenvalue weighted by atomic mass is 9.85. The summed E-state index contributed by atoms with van der Waals surface area (Å²) >= 11 is 5.66. The summed E-state index contributed by atoms with van der Waals surface area (Å²) in [5.74, 6) is 0.161. The smallest absolute Gasteiger partial charge is 0.227 e. The van der Waals surface area contributed by atoms with Gasteiger partial charge < -0.3 is 10.4 Å². The summed E-state index contributed by atoms with van der Waals surface area (Å²) in [6, 6.07) is 4.70. The molecule has 2 rings (SSSR count). The third kappa shape index (κ3) is 2.23. The molecule has 0 atom stereocenters. The SMILES string of the molecule is O=C(Nc1ccc(Cl)c(O)c1)C1CCC1. The van der Waals surface area contributed by atoms with Crippen LogP contribution in [0.15, 0.2) is 18.2 Å². The highest BCUT2D eigenvalue weighted by atomic mass is 35.5. The van der Waals surface area contributed by atoms with Gasteiger partial charge in [-0.15, -0.1) is 0 Å². The summed E-state index contributed by atoms with van der Waals surface area (Å²) in [6.45, 7) is 0. The van der Waals surface area contributed by atoms with Crippen LogP contribution in [0.2, 0.25) is 5.02 Å². The highest BCUT2D eigenvalue weighted by molar-refractivity contribution is 6.32. The Bertz CT molecular complexity index is 388. The average molecular weight is 226 g/mol. The van der Waals surface area contributed by atoms with Gasteiger partial charge in [0.2, 0.25) is 5.91 Å². The van der Waals surface area contributed by atoms with Crippen LogP contribution < -0.4 is 5.32 Å². The lowest BCUT2D eigenvalue weighted by Gasteiger charge is -2.24. The molecule has 1 aromatic rings. The first kappa shape index (κ1) is 10.3. The molecule has 1 aliphatic rings. The fourth-order valence-corrected chi connectivity index (χ4v) is 1.62. The highest BCUT2D eigenvalue weighted by Gasteiger charge is 2.25. The van der Waals surface area contributed by atoms with E-state index in [1.807, 2.05) is 0 Å². The fourth-order valence-electron chi connectivity index (χ4n) is 1.51. The molecule has 1 aromatic carbocycles. The van der Waals surface area contributed by atoms with Crippen LogP contribution in [0.1, 0.15) is 19.3 Å². The number of phenolic OH excluding ortho intramolecular Hbond substituents is 1. The summed E-state index contributed by atoms with van der Waals surface area (Å²) < 4.78 is 0. The van der Waals surface area contributed by atoms with Crippen LogP contribution in [0.25, 0.3) is 0 Å². The Morgan fingerprint density at radius 3 is 2.73 bits per heavy atom. The van der Waals surface area contributed by atoms with Gasteiger partial charge in [0.05, 0.1) is 5.02 Å². The molecule has 1 saturated carbocycles. The Hall–Kier alpha value is -1.22. The van der Waals surface area contributed by atoms with Crippen molar-refractivity contribution in [3.63, 3.8) is 0 Å². The van der Waals surface area contributed by atoms with E-state index in [9.17, 15) is 9.90 Å². The van der Waals surface area contributed by atoms with Gasteiger partial charge in [0.1, 0.15) is 5.75 Å². The van der Waals surface area contributed by atoms with Crippen LogP contribution in [0.4, 0.5) is 5.69 Å². The minimum atomic E-state index is -0.0110. The van der Waals surface area contributed by atoms with Gasteiger partial charge in [-0.1, -0.05) is 18.0 Å². The zero-order chi connectivity index (χ0) is 10.8. The van der Waals surface area contributed by atoms with Crippen LogP contribution in [-0.4, -0.2) is 11.0 Å². The zero-order valence-electron chi connectivity index (χ0n) is 8.16. The Morgan fingerprint density at radius 2 is 2.20 bits per heavy atom. The molecule has 0 heterocycles. The van der Waals surface area contributed by atoms with Gasteiger partial charge in [-0.2, -0.15) is 0 Å². The predicted molar refractivity (Wildman–Crippen MR) is 59.1 cm³/mol. The number of anilines is 1. The van der Waals surface area contributed by atoms with Crippen LogP contribution in [-0.2, 0) is 4.79 Å². The molecule has 3 nitrogen and oxygen atoms in total. The molecule has 0 radical (unpaired) electrons. The van der Waals surface area contributed by atoms with E-state index in [0.29, 0.717) is 5.69 Å². The summed E-state index contributed by atoms with van der Waals surface area (Å²) in [7, 11) is 0. The number of nitrogens with one attached hydrogen (secondary N) is 1. The summed E-state index contributed by atoms with van der Waals surface area (Å²) in [6.07, 6.45) is 3.06. The Balaban J connectivity index is 2.03. The molecule has 15 heavy (non-hydrogen) atoms. The van der Waals surface area contributed by atoms with Crippen molar-refractivity contribution >= 4 is 23.2 Å². The van der Waals surface area contributed by atoms with Crippen molar-refractivity contribution in [3.8, 4) is 5.75 Å². The van der Waals surface area contributed by atoms with Crippen molar-refractivity contribution < 1.29 is 9.90 Å². The van der Waals surface area contributed by atoms with Gasteiger partial charge in [-0.3, -0.25) is 4.79 Å². The lowest BCUT2D eigenvalue weighted by Crippen LogP contribution is -2.27. The number of phenols is 1. The maximum atomic E-state index is 11.6. The number of aromatic hydroxyl groups is 1. The van der Waals surface area contributed by atoms with Gasteiger partial charge in [-0.25, -0.2) is 0 Å². The normalized spacial score (nSPS) is 15.8. The molecule has 2 N–H and O–H groups in total. The Labute approximate surface area is 93.1 Å². The van der Waals surface area contributed by atoms with Gasteiger partial charge >= 0.3 is 0 Å². The maximum Gasteiger partial charge on any atom is 0.227 e. The molecule has 0 spiro atoms. The monoisotopic (exact) mass is 225 g/mol. The van der Waals surface area contributed by atoms with E-state index in [1.54, 1.807) is 12.1 Å². The van der Waals surface area contributed by atoms with E-state index in [-0.39, 0.29) is 22.6 Å². The molecule has 0 aromatic heterocycles. The van der Waals surface area contributed by atoms with Crippen molar-refractivity contribution in [2.24, 2.45) is 5.92 Å². The average Bonchev–Trinajstić information content (AvgIpc) is 2.08. The predicted octanol–water partition coefficient (Wildman–Crippen LogP) is 2.78. The molecule has 0 aliphatic heterocycles. The van der Waals surface area contributed by atoms with Crippen molar-refractivity contribution in [1.82, 2.24) is 0 Å². The highest BCUT2D eigenvalue weighted by Crippen LogP contribution is 2.29. The second-order valence-electron chi connectivity index (χ2n) is 3.78. The third-order valence-corrected chi connectivity index (χ3v) is 3.01. The third-order valence-electron chi connectivity index (χ3n) is 2.69. The largest absolute Gasteiger partial charge is 0.506 e. The van der Waals surface area contributed by atoms with Crippen LogP contribution in [0.5, 0.6) is 5.75 Å². The minimum absolute atomic E-state index is 0.0110. The van der Waals surface area contributed by atoms with Gasteiger partial charge in [0, 0.05) is 17.7 Å². The number of amides is 1. The molecule has 1 aliphatic carbocycles. The van der Waals surface area contributed by atoms with E-state index in [4.69, 9.17) is 11.6 Å². The van der Waals surface area contributed by atoms with Crippen molar-refractivity contribution in [1.29, 1.82) is 0 Å². The molecule has 80 valence electrons. The molecular weight excluding hydrogens is 214 g/mol. The van der Waals surface area contributed by atoms with E-state index in [1.165, 1.54) is 6.07 Å². The maximum absolute atomic E-state index is 11.6. The first-order valence-electron chi connectivity index (χ1n) is 4.96. The number of benzene rings is 1. The zero-order valence-corrected chi connectivity index (χ0v) is 8.92. The quantitative estimate of drug-likeness (QED) is 0.813. The second-order valence-corrected chi connectivity index (χ2v) is 4.19. The first-order valence-corrected chi connectivity index (χ1v) is 5.34. The molecular formula is C11H12ClNO2. The van der Waals surface area contributed by atoms with Crippen LogP contribution in [0, 0.1) is 5.92 Å². The molecule has 0 bridgehead atoms. The Kier molecular flexibility index (Phi) is 2.82. The van der Waals surface area contributed by atoms with E-state index in [2.05, 4.69) is 5.32 Å². The number of carbonyl (C=O) groups excluding carboxylic acids is 1. The molecule has 4 heteroatoms. The van der Waals surface area contributed by atoms with Gasteiger partial charge in [0.25, 0.3) is 0 Å². The number of halogens is 1. The van der Waals surface area contributed by atoms with E-state index < -0.39 is 0 Å². The first-order chi connectivity index (χ1) is 7.16. The summed E-state index contributed by atoms with van der Waals surface area (Å²) in [5.41, 5.74) is 0.591. The number of rotatable bonds is 2.